The van der Waals surface area contributed by atoms with Gasteiger partial charge in [0.05, 0.1) is 5.41 Å². The number of rotatable bonds is 5. The molecule has 1 saturated heterocycles. The molecule has 1 aliphatic rings. The third-order valence-corrected chi connectivity index (χ3v) is 5.34. The maximum atomic E-state index is 13.1. The van der Waals surface area contributed by atoms with Crippen molar-refractivity contribution in [1.29, 1.82) is 0 Å². The number of aliphatic carboxylic acids is 1. The van der Waals surface area contributed by atoms with E-state index in [-0.39, 0.29) is 11.7 Å². The summed E-state index contributed by atoms with van der Waals surface area (Å²) in [6.07, 6.45) is 0.676. The predicted octanol–water partition coefficient (Wildman–Crippen LogP) is 3.63. The molecule has 6 heteroatoms. The number of likely N-dealkylation sites (tertiary alicyclic amines) is 1. The molecule has 1 amide bonds. The Morgan fingerprint density at radius 2 is 1.61 bits per heavy atom. The van der Waals surface area contributed by atoms with Crippen molar-refractivity contribution in [2.45, 2.75) is 37.7 Å². The highest BCUT2D eigenvalue weighted by atomic mass is 19.1. The van der Waals surface area contributed by atoms with E-state index in [2.05, 4.69) is 0 Å². The Morgan fingerprint density at radius 3 is 2.14 bits per heavy atom. The number of carboxylic acids is 1. The van der Waals surface area contributed by atoms with E-state index in [0.717, 1.165) is 5.56 Å². The average molecular weight is 385 g/mol. The van der Waals surface area contributed by atoms with Crippen molar-refractivity contribution in [3.63, 3.8) is 0 Å². The molecule has 3 rings (SSSR count). The molecule has 0 spiro atoms. The minimum absolute atomic E-state index is 0.219. The second-order valence-corrected chi connectivity index (χ2v) is 7.61. The number of nitrogens with zero attached hydrogens (tertiary/aromatic N) is 1. The molecule has 0 bridgehead atoms. The van der Waals surface area contributed by atoms with Gasteiger partial charge in [-0.2, -0.15) is 0 Å². The zero-order valence-corrected chi connectivity index (χ0v) is 16.0. The van der Waals surface area contributed by atoms with E-state index in [1.165, 1.54) is 24.3 Å². The van der Waals surface area contributed by atoms with Gasteiger partial charge in [-0.1, -0.05) is 30.3 Å². The van der Waals surface area contributed by atoms with Crippen molar-refractivity contribution in [2.75, 3.05) is 13.1 Å². The first-order valence-electron chi connectivity index (χ1n) is 9.27. The molecule has 2 aromatic carbocycles. The predicted molar refractivity (Wildman–Crippen MR) is 103 cm³/mol. The Hall–Kier alpha value is -2.89. The number of benzene rings is 2. The number of halogens is 1. The van der Waals surface area contributed by atoms with Crippen molar-refractivity contribution >= 4 is 11.9 Å². The lowest BCUT2D eigenvalue weighted by Crippen LogP contribution is -2.55. The number of carboxylic acid groups (broad SMARTS) is 1. The maximum Gasteiger partial charge on any atom is 0.314 e. The summed E-state index contributed by atoms with van der Waals surface area (Å²) >= 11 is 0. The maximum absolute atomic E-state index is 13.1. The van der Waals surface area contributed by atoms with Crippen LogP contribution < -0.4 is 4.74 Å². The van der Waals surface area contributed by atoms with Gasteiger partial charge in [0.2, 0.25) is 0 Å². The molecule has 2 aromatic rings. The summed E-state index contributed by atoms with van der Waals surface area (Å²) in [6, 6.07) is 14.7. The number of hydrogen-bond donors (Lipinski definition) is 1. The van der Waals surface area contributed by atoms with E-state index in [9.17, 15) is 19.1 Å². The van der Waals surface area contributed by atoms with Crippen LogP contribution in [-0.2, 0) is 15.0 Å². The fourth-order valence-corrected chi connectivity index (χ4v) is 3.70. The minimum Gasteiger partial charge on any atom is -0.481 e. The summed E-state index contributed by atoms with van der Waals surface area (Å²) in [7, 11) is 0. The fraction of sp³-hybridized carbons (Fsp3) is 0.364. The molecule has 1 heterocycles. The summed E-state index contributed by atoms with van der Waals surface area (Å²) in [5.41, 5.74) is -1.37. The first-order chi connectivity index (χ1) is 13.2. The molecule has 1 fully saturated rings. The molecule has 28 heavy (non-hydrogen) atoms. The van der Waals surface area contributed by atoms with E-state index in [0.29, 0.717) is 31.7 Å². The van der Waals surface area contributed by atoms with Crippen LogP contribution in [0, 0.1) is 5.82 Å². The quantitative estimate of drug-likeness (QED) is 0.854. The molecule has 0 atom stereocenters. The molecule has 0 aliphatic carbocycles. The van der Waals surface area contributed by atoms with Gasteiger partial charge in [0.25, 0.3) is 5.91 Å². The molecule has 0 unspecified atom stereocenters. The highest BCUT2D eigenvalue weighted by Gasteiger charge is 2.45. The van der Waals surface area contributed by atoms with Gasteiger partial charge in [-0.3, -0.25) is 9.59 Å². The van der Waals surface area contributed by atoms with Crippen molar-refractivity contribution in [2.24, 2.45) is 0 Å². The van der Waals surface area contributed by atoms with Crippen molar-refractivity contribution in [3.05, 3.63) is 66.0 Å². The Morgan fingerprint density at radius 1 is 1.04 bits per heavy atom. The topological polar surface area (TPSA) is 66.8 Å². The lowest BCUT2D eigenvalue weighted by atomic mass is 9.72. The van der Waals surface area contributed by atoms with Crippen LogP contribution in [0.1, 0.15) is 32.3 Å². The summed E-state index contributed by atoms with van der Waals surface area (Å²) < 4.78 is 18.8. The van der Waals surface area contributed by atoms with Crippen molar-refractivity contribution in [1.82, 2.24) is 4.90 Å². The van der Waals surface area contributed by atoms with Crippen LogP contribution in [0.15, 0.2) is 54.6 Å². The van der Waals surface area contributed by atoms with Gasteiger partial charge >= 0.3 is 5.97 Å². The summed E-state index contributed by atoms with van der Waals surface area (Å²) in [5.74, 6) is -1.06. The van der Waals surface area contributed by atoms with E-state index in [1.54, 1.807) is 18.7 Å². The van der Waals surface area contributed by atoms with Crippen LogP contribution in [0.3, 0.4) is 0 Å². The van der Waals surface area contributed by atoms with Gasteiger partial charge in [-0.05, 0) is 56.5 Å². The molecule has 1 N–H and O–H groups in total. The minimum atomic E-state index is -1.15. The molecule has 0 aromatic heterocycles. The Balaban J connectivity index is 1.71. The highest BCUT2D eigenvalue weighted by Crippen LogP contribution is 2.36. The molecular weight excluding hydrogens is 361 g/mol. The van der Waals surface area contributed by atoms with Crippen LogP contribution in [-0.4, -0.2) is 40.6 Å². The molecular formula is C22H24FNO4. The van der Waals surface area contributed by atoms with Gasteiger partial charge < -0.3 is 14.7 Å². The molecule has 0 radical (unpaired) electrons. The smallest absolute Gasteiger partial charge is 0.314 e. The average Bonchev–Trinajstić information content (AvgIpc) is 2.69. The summed E-state index contributed by atoms with van der Waals surface area (Å²) in [5, 5.41) is 9.89. The molecule has 0 saturated carbocycles. The summed E-state index contributed by atoms with van der Waals surface area (Å²) in [4.78, 5) is 26.7. The molecule has 5 nitrogen and oxygen atoms in total. The second kappa shape index (κ2) is 7.62. The van der Waals surface area contributed by atoms with Crippen molar-refractivity contribution < 1.29 is 23.8 Å². The fourth-order valence-electron chi connectivity index (χ4n) is 3.70. The number of ether oxygens (including phenoxy) is 1. The Labute approximate surface area is 163 Å². The first kappa shape index (κ1) is 19.9. The largest absolute Gasteiger partial charge is 0.481 e. The van der Waals surface area contributed by atoms with E-state index >= 15 is 0 Å². The normalized spacial score (nSPS) is 16.5. The van der Waals surface area contributed by atoms with Crippen LogP contribution >= 0.6 is 0 Å². The zero-order chi connectivity index (χ0) is 20.4. The molecule has 148 valence electrons. The first-order valence-corrected chi connectivity index (χ1v) is 9.27. The zero-order valence-electron chi connectivity index (χ0n) is 16.0. The number of piperidine rings is 1. The van der Waals surface area contributed by atoms with E-state index < -0.39 is 17.0 Å². The third kappa shape index (κ3) is 3.86. The number of carbonyl (C=O) groups excluding carboxylic acids is 1. The number of hydrogen-bond acceptors (Lipinski definition) is 3. The van der Waals surface area contributed by atoms with Gasteiger partial charge in [-0.25, -0.2) is 4.39 Å². The van der Waals surface area contributed by atoms with Gasteiger partial charge in [0, 0.05) is 13.1 Å². The lowest BCUT2D eigenvalue weighted by Gasteiger charge is -2.41. The van der Waals surface area contributed by atoms with Crippen LogP contribution in [0.5, 0.6) is 5.75 Å². The second-order valence-electron chi connectivity index (χ2n) is 7.61. The Bertz CT molecular complexity index is 841. The van der Waals surface area contributed by atoms with Crippen LogP contribution in [0.4, 0.5) is 4.39 Å². The molecule has 1 aliphatic heterocycles. The van der Waals surface area contributed by atoms with Gasteiger partial charge in [0.15, 0.2) is 5.60 Å². The lowest BCUT2D eigenvalue weighted by molar-refractivity contribution is -0.153. The van der Waals surface area contributed by atoms with Gasteiger partial charge in [-0.15, -0.1) is 0 Å². The van der Waals surface area contributed by atoms with E-state index in [4.69, 9.17) is 4.74 Å². The Kier molecular flexibility index (Phi) is 5.40. The third-order valence-electron chi connectivity index (χ3n) is 5.34. The van der Waals surface area contributed by atoms with Gasteiger partial charge in [0.1, 0.15) is 11.6 Å². The standard InChI is InChI=1S/C22H24FNO4/c1-21(2,28-18-10-8-17(23)9-11-18)19(25)24-14-12-22(13-15-24,20(26)27)16-6-4-3-5-7-16/h3-11H,12-15H2,1-2H3,(H,26,27). The number of amides is 1. The van der Waals surface area contributed by atoms with Crippen LogP contribution in [0.25, 0.3) is 0 Å². The monoisotopic (exact) mass is 385 g/mol. The summed E-state index contributed by atoms with van der Waals surface area (Å²) in [6.45, 7) is 3.98. The highest BCUT2D eigenvalue weighted by molar-refractivity contribution is 5.86. The van der Waals surface area contributed by atoms with Crippen molar-refractivity contribution in [3.8, 4) is 5.75 Å². The van der Waals surface area contributed by atoms with E-state index in [1.807, 2.05) is 30.3 Å². The number of carbonyl (C=O) groups is 2. The van der Waals surface area contributed by atoms with Crippen LogP contribution in [0.2, 0.25) is 0 Å². The SMILES string of the molecule is CC(C)(Oc1ccc(F)cc1)C(=O)N1CCC(C(=O)O)(c2ccccc2)CC1.